The molecule has 0 aromatic heterocycles. The second-order valence-corrected chi connectivity index (χ2v) is 6.45. The van der Waals surface area contributed by atoms with Gasteiger partial charge in [0.05, 0.1) is 7.11 Å². The SMILES string of the molecule is COc1ccc(OCC(=O)N(C)N=C2C(=O)C(C)c3c(C)cccc32)cc1. The number of ketones is 1. The van der Waals surface area contributed by atoms with Gasteiger partial charge in [-0.3, -0.25) is 9.59 Å². The summed E-state index contributed by atoms with van der Waals surface area (Å²) in [5.74, 6) is 0.589. The van der Waals surface area contributed by atoms with Gasteiger partial charge in [-0.25, -0.2) is 5.01 Å². The topological polar surface area (TPSA) is 68.2 Å². The lowest BCUT2D eigenvalue weighted by Gasteiger charge is -2.13. The highest BCUT2D eigenvalue weighted by Crippen LogP contribution is 2.33. The molecule has 0 bridgehead atoms. The molecular formula is C21H22N2O4. The second kappa shape index (κ2) is 7.61. The molecule has 140 valence electrons. The van der Waals surface area contributed by atoms with Gasteiger partial charge in [-0.05, 0) is 42.3 Å². The maximum absolute atomic E-state index is 12.6. The maximum Gasteiger partial charge on any atom is 0.280 e. The predicted molar refractivity (Wildman–Crippen MR) is 102 cm³/mol. The largest absolute Gasteiger partial charge is 0.497 e. The average Bonchev–Trinajstić information content (AvgIpc) is 2.92. The molecule has 3 rings (SSSR count). The Balaban J connectivity index is 1.72. The first-order valence-electron chi connectivity index (χ1n) is 8.68. The number of rotatable bonds is 5. The summed E-state index contributed by atoms with van der Waals surface area (Å²) in [6.07, 6.45) is 0. The summed E-state index contributed by atoms with van der Waals surface area (Å²) in [7, 11) is 3.11. The first-order chi connectivity index (χ1) is 12.9. The molecule has 27 heavy (non-hydrogen) atoms. The molecular weight excluding hydrogens is 344 g/mol. The van der Waals surface area contributed by atoms with Crippen LogP contribution in [-0.2, 0) is 9.59 Å². The van der Waals surface area contributed by atoms with E-state index in [0.717, 1.165) is 16.7 Å². The molecule has 0 spiro atoms. The number of fused-ring (bicyclic) bond motifs is 1. The number of methoxy groups -OCH3 is 1. The van der Waals surface area contributed by atoms with Gasteiger partial charge in [0.2, 0.25) is 0 Å². The zero-order chi connectivity index (χ0) is 19.6. The highest BCUT2D eigenvalue weighted by atomic mass is 16.5. The van der Waals surface area contributed by atoms with Crippen molar-refractivity contribution in [1.29, 1.82) is 0 Å². The van der Waals surface area contributed by atoms with Crippen LogP contribution in [-0.4, -0.2) is 43.2 Å². The van der Waals surface area contributed by atoms with Crippen LogP contribution >= 0.6 is 0 Å². The van der Waals surface area contributed by atoms with E-state index in [1.807, 2.05) is 32.0 Å². The molecule has 1 aliphatic rings. The number of hydrogen-bond donors (Lipinski definition) is 0. The van der Waals surface area contributed by atoms with Crippen molar-refractivity contribution >= 4 is 17.4 Å². The Hall–Kier alpha value is -3.15. The predicted octanol–water partition coefficient (Wildman–Crippen LogP) is 2.93. The van der Waals surface area contributed by atoms with Gasteiger partial charge < -0.3 is 9.47 Å². The summed E-state index contributed by atoms with van der Waals surface area (Å²) in [6.45, 7) is 3.67. The van der Waals surface area contributed by atoms with E-state index in [2.05, 4.69) is 5.10 Å². The highest BCUT2D eigenvalue weighted by molar-refractivity contribution is 6.51. The highest BCUT2D eigenvalue weighted by Gasteiger charge is 2.35. The zero-order valence-corrected chi connectivity index (χ0v) is 15.9. The molecule has 2 aromatic rings. The third kappa shape index (κ3) is 3.69. The van der Waals surface area contributed by atoms with Crippen molar-refractivity contribution in [3.05, 3.63) is 59.2 Å². The minimum absolute atomic E-state index is 0.0741. The summed E-state index contributed by atoms with van der Waals surface area (Å²) < 4.78 is 10.6. The first-order valence-corrected chi connectivity index (χ1v) is 8.68. The summed E-state index contributed by atoms with van der Waals surface area (Å²) in [5, 5.41) is 5.45. The van der Waals surface area contributed by atoms with E-state index in [1.165, 1.54) is 12.1 Å². The van der Waals surface area contributed by atoms with Crippen LogP contribution in [0.2, 0.25) is 0 Å². The van der Waals surface area contributed by atoms with Crippen LogP contribution in [0.25, 0.3) is 0 Å². The molecule has 6 heteroatoms. The van der Waals surface area contributed by atoms with Crippen LogP contribution in [0.3, 0.4) is 0 Å². The van der Waals surface area contributed by atoms with E-state index in [4.69, 9.17) is 9.47 Å². The molecule has 0 saturated heterocycles. The van der Waals surface area contributed by atoms with Crippen LogP contribution in [0.1, 0.15) is 29.5 Å². The van der Waals surface area contributed by atoms with Crippen molar-refractivity contribution < 1.29 is 19.1 Å². The van der Waals surface area contributed by atoms with Crippen molar-refractivity contribution in [3.63, 3.8) is 0 Å². The van der Waals surface area contributed by atoms with Gasteiger partial charge in [0.15, 0.2) is 12.4 Å². The molecule has 0 heterocycles. The minimum atomic E-state index is -0.347. The molecule has 2 aromatic carbocycles. The lowest BCUT2D eigenvalue weighted by molar-refractivity contribution is -0.132. The molecule has 1 atom stereocenters. The number of hydrazone groups is 1. The fourth-order valence-electron chi connectivity index (χ4n) is 3.15. The van der Waals surface area contributed by atoms with Gasteiger partial charge in [0.1, 0.15) is 17.2 Å². The molecule has 1 unspecified atom stereocenters. The molecule has 0 saturated carbocycles. The number of amides is 1. The van der Waals surface area contributed by atoms with Crippen molar-refractivity contribution in [1.82, 2.24) is 5.01 Å². The number of benzene rings is 2. The Kier molecular flexibility index (Phi) is 5.26. The minimum Gasteiger partial charge on any atom is -0.497 e. The maximum atomic E-state index is 12.6. The van der Waals surface area contributed by atoms with E-state index in [9.17, 15) is 9.59 Å². The van der Waals surface area contributed by atoms with Gasteiger partial charge >= 0.3 is 0 Å². The fourth-order valence-corrected chi connectivity index (χ4v) is 3.15. The fraction of sp³-hybridized carbons (Fsp3) is 0.286. The van der Waals surface area contributed by atoms with Crippen molar-refractivity contribution in [2.75, 3.05) is 20.8 Å². The van der Waals surface area contributed by atoms with E-state index < -0.39 is 0 Å². The number of hydrogen-bond acceptors (Lipinski definition) is 5. The number of carbonyl (C=O) groups excluding carboxylic acids is 2. The first kappa shape index (κ1) is 18.6. The van der Waals surface area contributed by atoms with E-state index in [1.54, 1.807) is 31.4 Å². The van der Waals surface area contributed by atoms with Gasteiger partial charge in [0.25, 0.3) is 5.91 Å². The van der Waals surface area contributed by atoms with E-state index in [-0.39, 0.29) is 24.2 Å². The number of ether oxygens (including phenoxy) is 2. The van der Waals surface area contributed by atoms with E-state index in [0.29, 0.717) is 17.2 Å². The van der Waals surface area contributed by atoms with Gasteiger partial charge in [-0.15, -0.1) is 0 Å². The molecule has 0 fully saturated rings. The monoisotopic (exact) mass is 366 g/mol. The Labute approximate surface area is 158 Å². The second-order valence-electron chi connectivity index (χ2n) is 6.45. The van der Waals surface area contributed by atoms with Crippen LogP contribution in [0, 0.1) is 6.92 Å². The zero-order valence-electron chi connectivity index (χ0n) is 15.9. The normalized spacial score (nSPS) is 17.0. The lowest BCUT2D eigenvalue weighted by Crippen LogP contribution is -2.29. The average molecular weight is 366 g/mol. The van der Waals surface area contributed by atoms with Crippen LogP contribution in [0.4, 0.5) is 0 Å². The number of nitrogens with zero attached hydrogens (tertiary/aromatic N) is 2. The number of aryl methyl sites for hydroxylation is 1. The Morgan fingerprint density at radius 2 is 1.81 bits per heavy atom. The number of likely N-dealkylation sites (N-methyl/N-ethyl adjacent to an activating group) is 1. The van der Waals surface area contributed by atoms with Gasteiger partial charge in [-0.1, -0.05) is 25.1 Å². The van der Waals surface area contributed by atoms with Gasteiger partial charge in [0, 0.05) is 18.5 Å². The van der Waals surface area contributed by atoms with Crippen LogP contribution in [0.5, 0.6) is 11.5 Å². The third-order valence-electron chi connectivity index (χ3n) is 4.67. The van der Waals surface area contributed by atoms with Crippen molar-refractivity contribution in [2.24, 2.45) is 5.10 Å². The van der Waals surface area contributed by atoms with Crippen LogP contribution in [0.15, 0.2) is 47.6 Å². The van der Waals surface area contributed by atoms with Crippen molar-refractivity contribution in [3.8, 4) is 11.5 Å². The molecule has 6 nitrogen and oxygen atoms in total. The molecule has 0 aliphatic heterocycles. The van der Waals surface area contributed by atoms with E-state index >= 15 is 0 Å². The summed E-state index contributed by atoms with van der Waals surface area (Å²) in [4.78, 5) is 25.0. The molecule has 1 amide bonds. The summed E-state index contributed by atoms with van der Waals surface area (Å²) >= 11 is 0. The Morgan fingerprint density at radius 1 is 1.15 bits per heavy atom. The summed E-state index contributed by atoms with van der Waals surface area (Å²) in [5.41, 5.74) is 3.15. The standard InChI is InChI=1S/C21H22N2O4/c1-13-6-5-7-17-19(13)14(2)21(25)20(17)22-23(3)18(24)12-27-16-10-8-15(26-4)9-11-16/h5-11,14H,12H2,1-4H3. The number of Topliss-reactive ketones (excluding diaryl/α,β-unsaturated/α-hetero) is 1. The number of carbonyl (C=O) groups is 2. The Bertz CT molecular complexity index is 903. The van der Waals surface area contributed by atoms with Crippen molar-refractivity contribution in [2.45, 2.75) is 19.8 Å². The van der Waals surface area contributed by atoms with Crippen LogP contribution < -0.4 is 9.47 Å². The summed E-state index contributed by atoms with van der Waals surface area (Å²) in [6, 6.07) is 12.7. The Morgan fingerprint density at radius 3 is 2.48 bits per heavy atom. The molecule has 1 aliphatic carbocycles. The molecule has 0 radical (unpaired) electrons. The third-order valence-corrected chi connectivity index (χ3v) is 4.67. The smallest absolute Gasteiger partial charge is 0.280 e. The molecule has 0 N–H and O–H groups in total. The quantitative estimate of drug-likeness (QED) is 0.763. The van der Waals surface area contributed by atoms with Gasteiger partial charge in [-0.2, -0.15) is 5.10 Å². The lowest BCUT2D eigenvalue weighted by atomic mass is 9.98.